The molecule has 0 aliphatic rings. The molecule has 5 heteroatoms. The lowest BCUT2D eigenvalue weighted by Gasteiger charge is -2.02. The number of aliphatic hydroxyl groups excluding tert-OH is 1. The molecule has 0 fully saturated rings. The molecule has 5 nitrogen and oxygen atoms in total. The van der Waals surface area contributed by atoms with Crippen molar-refractivity contribution in [3.05, 3.63) is 41.9 Å². The molecule has 1 aromatic carbocycles. The minimum Gasteiger partial charge on any atom is -0.440 e. The fourth-order valence-electron chi connectivity index (χ4n) is 2.03. The van der Waals surface area contributed by atoms with E-state index in [0.29, 0.717) is 31.7 Å². The molecule has 2 N–H and O–H groups in total. The van der Waals surface area contributed by atoms with Crippen LogP contribution in [0.15, 0.2) is 34.7 Å². The molecule has 21 heavy (non-hydrogen) atoms. The van der Waals surface area contributed by atoms with E-state index >= 15 is 0 Å². The van der Waals surface area contributed by atoms with Crippen molar-refractivity contribution in [3.8, 4) is 11.3 Å². The van der Waals surface area contributed by atoms with Crippen molar-refractivity contribution in [2.24, 2.45) is 0 Å². The third-order valence-electron chi connectivity index (χ3n) is 3.10. The van der Waals surface area contributed by atoms with Crippen molar-refractivity contribution in [1.29, 1.82) is 0 Å². The number of carbonyl (C=O) groups is 1. The Hall–Kier alpha value is -2.14. The second kappa shape index (κ2) is 7.59. The lowest BCUT2D eigenvalue weighted by Crippen LogP contribution is -2.25. The van der Waals surface area contributed by atoms with Gasteiger partial charge in [0.15, 0.2) is 11.7 Å². The number of oxazole rings is 1. The molecule has 0 bridgehead atoms. The van der Waals surface area contributed by atoms with Crippen LogP contribution in [0.4, 0.5) is 0 Å². The second-order valence-electron chi connectivity index (χ2n) is 4.82. The van der Waals surface area contributed by atoms with E-state index in [1.54, 1.807) is 0 Å². The zero-order valence-corrected chi connectivity index (χ0v) is 12.1. The molecule has 0 radical (unpaired) electrons. The fraction of sp³-hybridized carbons (Fsp3) is 0.375. The molecule has 1 heterocycles. The van der Waals surface area contributed by atoms with E-state index in [4.69, 9.17) is 9.52 Å². The van der Waals surface area contributed by atoms with Crippen LogP contribution >= 0.6 is 0 Å². The van der Waals surface area contributed by atoms with Crippen LogP contribution in [0.1, 0.15) is 24.4 Å². The number of rotatable bonds is 7. The van der Waals surface area contributed by atoms with E-state index < -0.39 is 0 Å². The monoisotopic (exact) mass is 288 g/mol. The number of nitrogens with zero attached hydrogens (tertiary/aromatic N) is 1. The predicted octanol–water partition coefficient (Wildman–Crippen LogP) is 2.08. The molecule has 0 aliphatic carbocycles. The average Bonchev–Trinajstić information content (AvgIpc) is 2.87. The van der Waals surface area contributed by atoms with Crippen molar-refractivity contribution in [1.82, 2.24) is 10.3 Å². The van der Waals surface area contributed by atoms with Crippen LogP contribution in [0.5, 0.6) is 0 Å². The number of aromatic nitrogens is 1. The Kier molecular flexibility index (Phi) is 5.51. The molecule has 0 atom stereocenters. The predicted molar refractivity (Wildman–Crippen MR) is 79.7 cm³/mol. The maximum atomic E-state index is 11.6. The maximum Gasteiger partial charge on any atom is 0.220 e. The summed E-state index contributed by atoms with van der Waals surface area (Å²) in [5.41, 5.74) is 1.82. The van der Waals surface area contributed by atoms with E-state index in [0.717, 1.165) is 17.0 Å². The Morgan fingerprint density at radius 1 is 1.33 bits per heavy atom. The van der Waals surface area contributed by atoms with Crippen molar-refractivity contribution in [2.45, 2.75) is 26.2 Å². The van der Waals surface area contributed by atoms with E-state index in [1.165, 1.54) is 0 Å². The first-order valence-corrected chi connectivity index (χ1v) is 7.10. The summed E-state index contributed by atoms with van der Waals surface area (Å²) in [5.74, 6) is 1.27. The minimum atomic E-state index is -0.0550. The summed E-state index contributed by atoms with van der Waals surface area (Å²) in [6.45, 7) is 2.48. The normalized spacial score (nSPS) is 10.6. The zero-order chi connectivity index (χ0) is 15.1. The van der Waals surface area contributed by atoms with Gasteiger partial charge < -0.3 is 14.8 Å². The molecular formula is C16H20N2O3. The molecule has 112 valence electrons. The van der Waals surface area contributed by atoms with Crippen molar-refractivity contribution < 1.29 is 14.3 Å². The number of carbonyl (C=O) groups excluding carboxylic acids is 1. The van der Waals surface area contributed by atoms with E-state index in [2.05, 4.69) is 10.3 Å². The number of hydrogen-bond acceptors (Lipinski definition) is 4. The highest BCUT2D eigenvalue weighted by Gasteiger charge is 2.12. The second-order valence-corrected chi connectivity index (χ2v) is 4.82. The lowest BCUT2D eigenvalue weighted by atomic mass is 10.1. The molecule has 1 aromatic heterocycles. The molecular weight excluding hydrogens is 268 g/mol. The van der Waals surface area contributed by atoms with Crippen molar-refractivity contribution in [3.63, 3.8) is 0 Å². The smallest absolute Gasteiger partial charge is 0.220 e. The van der Waals surface area contributed by atoms with E-state index in [-0.39, 0.29) is 12.5 Å². The van der Waals surface area contributed by atoms with E-state index in [1.807, 2.05) is 37.3 Å². The Balaban J connectivity index is 1.92. The third kappa shape index (κ3) is 4.43. The van der Waals surface area contributed by atoms with Gasteiger partial charge in [-0.3, -0.25) is 4.79 Å². The number of aliphatic hydroxyl groups is 1. The first-order valence-electron chi connectivity index (χ1n) is 7.10. The van der Waals surface area contributed by atoms with Gasteiger partial charge in [-0.15, -0.1) is 0 Å². The maximum absolute atomic E-state index is 11.6. The van der Waals surface area contributed by atoms with Gasteiger partial charge >= 0.3 is 0 Å². The first kappa shape index (κ1) is 15.3. The highest BCUT2D eigenvalue weighted by Crippen LogP contribution is 2.24. The van der Waals surface area contributed by atoms with Gasteiger partial charge in [-0.05, 0) is 13.3 Å². The average molecular weight is 288 g/mol. The van der Waals surface area contributed by atoms with Crippen LogP contribution in [0.3, 0.4) is 0 Å². The van der Waals surface area contributed by atoms with Crippen LogP contribution in [0.25, 0.3) is 11.3 Å². The Bertz CT molecular complexity index is 578. The summed E-state index contributed by atoms with van der Waals surface area (Å²) < 4.78 is 5.75. The molecule has 2 aromatic rings. The number of amides is 1. The van der Waals surface area contributed by atoms with Crippen LogP contribution in [-0.2, 0) is 11.2 Å². The summed E-state index contributed by atoms with van der Waals surface area (Å²) >= 11 is 0. The zero-order valence-electron chi connectivity index (χ0n) is 12.1. The number of nitrogens with one attached hydrogen (secondary N) is 1. The van der Waals surface area contributed by atoms with Crippen LogP contribution < -0.4 is 5.32 Å². The Morgan fingerprint density at radius 2 is 2.10 bits per heavy atom. The number of benzene rings is 1. The topological polar surface area (TPSA) is 75.4 Å². The third-order valence-corrected chi connectivity index (χ3v) is 3.10. The van der Waals surface area contributed by atoms with Gasteiger partial charge in [0, 0.05) is 31.6 Å². The highest BCUT2D eigenvalue weighted by molar-refractivity contribution is 5.76. The molecule has 0 aliphatic heterocycles. The van der Waals surface area contributed by atoms with Gasteiger partial charge in [-0.2, -0.15) is 0 Å². The largest absolute Gasteiger partial charge is 0.440 e. The molecule has 0 saturated heterocycles. The Morgan fingerprint density at radius 3 is 2.81 bits per heavy atom. The summed E-state index contributed by atoms with van der Waals surface area (Å²) in [5, 5.41) is 11.4. The molecule has 0 saturated carbocycles. The van der Waals surface area contributed by atoms with Crippen LogP contribution in [0.2, 0.25) is 0 Å². The summed E-state index contributed by atoms with van der Waals surface area (Å²) in [6.07, 6.45) is 1.38. The Labute approximate surface area is 124 Å². The van der Waals surface area contributed by atoms with Gasteiger partial charge in [-0.25, -0.2) is 4.98 Å². The van der Waals surface area contributed by atoms with Gasteiger partial charge in [0.2, 0.25) is 5.91 Å². The van der Waals surface area contributed by atoms with Gasteiger partial charge in [0.1, 0.15) is 0 Å². The van der Waals surface area contributed by atoms with E-state index in [9.17, 15) is 4.79 Å². The number of aryl methyl sites for hydroxylation is 2. The molecule has 0 spiro atoms. The van der Waals surface area contributed by atoms with Crippen molar-refractivity contribution in [2.75, 3.05) is 13.2 Å². The van der Waals surface area contributed by atoms with Crippen molar-refractivity contribution >= 4 is 5.91 Å². The molecule has 0 unspecified atom stereocenters. The minimum absolute atomic E-state index is 0.0550. The quantitative estimate of drug-likeness (QED) is 0.765. The van der Waals surface area contributed by atoms with Gasteiger partial charge in [0.05, 0.1) is 5.69 Å². The first-order chi connectivity index (χ1) is 10.2. The molecule has 1 amide bonds. The van der Waals surface area contributed by atoms with Gasteiger partial charge in [0.25, 0.3) is 0 Å². The summed E-state index contributed by atoms with van der Waals surface area (Å²) in [4.78, 5) is 16.0. The highest BCUT2D eigenvalue weighted by atomic mass is 16.4. The lowest BCUT2D eigenvalue weighted by molar-refractivity contribution is -0.121. The SMILES string of the molecule is Cc1nc(CCC(=O)NCCCO)oc1-c1ccccc1. The van der Waals surface area contributed by atoms with Crippen LogP contribution in [0, 0.1) is 6.92 Å². The number of hydrogen-bond donors (Lipinski definition) is 2. The summed E-state index contributed by atoms with van der Waals surface area (Å²) in [6, 6.07) is 9.79. The van der Waals surface area contributed by atoms with Gasteiger partial charge in [-0.1, -0.05) is 30.3 Å². The van der Waals surface area contributed by atoms with Crippen LogP contribution in [-0.4, -0.2) is 29.1 Å². The fourth-order valence-corrected chi connectivity index (χ4v) is 2.03. The molecule has 2 rings (SSSR count). The standard InChI is InChI=1S/C16H20N2O3/c1-12-16(13-6-3-2-4-7-13)21-15(18-12)9-8-14(20)17-10-5-11-19/h2-4,6-7,19H,5,8-11H2,1H3,(H,17,20). The summed E-state index contributed by atoms with van der Waals surface area (Å²) in [7, 11) is 0.